The van der Waals surface area contributed by atoms with Crippen LogP contribution in [0.4, 0.5) is 11.4 Å². The predicted octanol–water partition coefficient (Wildman–Crippen LogP) is 5.38. The molecule has 1 aliphatic rings. The van der Waals surface area contributed by atoms with Crippen LogP contribution in [0.2, 0.25) is 0 Å². The van der Waals surface area contributed by atoms with Crippen LogP contribution in [-0.2, 0) is 20.0 Å². The number of anilines is 2. The van der Waals surface area contributed by atoms with Crippen molar-refractivity contribution in [2.45, 2.75) is 42.4 Å². The number of carbonyl (C=O) groups excluding carboxylic acids is 1. The molecular weight excluding hydrogens is 578 g/mol. The maximum Gasteiger partial charge on any atom is 0.261 e. The Hall–Kier alpha value is -2.73. The van der Waals surface area contributed by atoms with Crippen molar-refractivity contribution < 1.29 is 21.6 Å². The molecule has 0 radical (unpaired) electrons. The first-order valence-corrected chi connectivity index (χ1v) is 15.6. The van der Waals surface area contributed by atoms with Crippen molar-refractivity contribution in [3.8, 4) is 0 Å². The Labute approximate surface area is 226 Å². The van der Waals surface area contributed by atoms with Crippen LogP contribution in [-0.4, -0.2) is 40.1 Å². The van der Waals surface area contributed by atoms with Gasteiger partial charge in [0, 0.05) is 34.5 Å². The SMILES string of the molecule is Cc1ccc(S(=O)(=O)N2CCCCCC2)cc1C(=O)Nc1ccc(S(=O)(=O)Nc2ccc(Br)cc2)cc1. The van der Waals surface area contributed by atoms with E-state index in [2.05, 4.69) is 26.0 Å². The predicted molar refractivity (Wildman–Crippen MR) is 148 cm³/mol. The molecule has 0 bridgehead atoms. The number of carbonyl (C=O) groups is 1. The van der Waals surface area contributed by atoms with Gasteiger partial charge in [0.15, 0.2) is 0 Å². The van der Waals surface area contributed by atoms with E-state index in [1.165, 1.54) is 40.7 Å². The van der Waals surface area contributed by atoms with E-state index in [-0.39, 0.29) is 15.4 Å². The monoisotopic (exact) mass is 605 g/mol. The number of hydrogen-bond acceptors (Lipinski definition) is 5. The number of amides is 1. The summed E-state index contributed by atoms with van der Waals surface area (Å²) in [5.41, 5.74) is 1.67. The van der Waals surface area contributed by atoms with Gasteiger partial charge in [-0.1, -0.05) is 34.8 Å². The first kappa shape index (κ1) is 27.3. The highest BCUT2D eigenvalue weighted by Crippen LogP contribution is 2.24. The number of aryl methyl sites for hydroxylation is 1. The van der Waals surface area contributed by atoms with Crippen LogP contribution >= 0.6 is 15.9 Å². The molecule has 11 heteroatoms. The molecule has 0 aliphatic carbocycles. The van der Waals surface area contributed by atoms with Gasteiger partial charge in [-0.05, 0) is 86.0 Å². The number of nitrogens with one attached hydrogen (secondary N) is 2. The lowest BCUT2D eigenvalue weighted by atomic mass is 10.1. The Morgan fingerprint density at radius 3 is 1.97 bits per heavy atom. The third-order valence-electron chi connectivity index (χ3n) is 6.18. The summed E-state index contributed by atoms with van der Waals surface area (Å²) in [7, 11) is -7.52. The highest BCUT2D eigenvalue weighted by Gasteiger charge is 2.26. The van der Waals surface area contributed by atoms with Crippen LogP contribution in [0, 0.1) is 6.92 Å². The lowest BCUT2D eigenvalue weighted by Crippen LogP contribution is -2.32. The van der Waals surface area contributed by atoms with Gasteiger partial charge in [-0.3, -0.25) is 9.52 Å². The zero-order valence-electron chi connectivity index (χ0n) is 20.3. The average molecular weight is 607 g/mol. The van der Waals surface area contributed by atoms with Crippen molar-refractivity contribution in [2.24, 2.45) is 0 Å². The first-order chi connectivity index (χ1) is 17.6. The molecule has 0 spiro atoms. The first-order valence-electron chi connectivity index (χ1n) is 11.9. The maximum atomic E-state index is 13.2. The van der Waals surface area contributed by atoms with Gasteiger partial charge in [-0.25, -0.2) is 16.8 Å². The minimum Gasteiger partial charge on any atom is -0.322 e. The fourth-order valence-corrected chi connectivity index (χ4v) is 6.95. The van der Waals surface area contributed by atoms with E-state index in [1.54, 1.807) is 37.3 Å². The van der Waals surface area contributed by atoms with Gasteiger partial charge in [0.05, 0.1) is 9.79 Å². The lowest BCUT2D eigenvalue weighted by molar-refractivity contribution is 0.102. The minimum absolute atomic E-state index is 0.0372. The molecule has 2 N–H and O–H groups in total. The van der Waals surface area contributed by atoms with Crippen LogP contribution in [0.3, 0.4) is 0 Å². The van der Waals surface area contributed by atoms with Crippen molar-refractivity contribution in [1.82, 2.24) is 4.31 Å². The Morgan fingerprint density at radius 1 is 0.784 bits per heavy atom. The smallest absolute Gasteiger partial charge is 0.261 e. The van der Waals surface area contributed by atoms with Gasteiger partial charge in [0.2, 0.25) is 10.0 Å². The van der Waals surface area contributed by atoms with Crippen LogP contribution in [0.1, 0.15) is 41.6 Å². The van der Waals surface area contributed by atoms with E-state index < -0.39 is 26.0 Å². The molecule has 1 heterocycles. The molecule has 3 aromatic carbocycles. The summed E-state index contributed by atoms with van der Waals surface area (Å²) < 4.78 is 56.6. The summed E-state index contributed by atoms with van der Waals surface area (Å²) in [6.45, 7) is 2.69. The van der Waals surface area contributed by atoms with E-state index in [0.717, 1.165) is 30.2 Å². The van der Waals surface area contributed by atoms with E-state index >= 15 is 0 Å². The second-order valence-electron chi connectivity index (χ2n) is 8.89. The summed E-state index contributed by atoms with van der Waals surface area (Å²) in [4.78, 5) is 13.2. The normalized spacial score (nSPS) is 15.1. The Balaban J connectivity index is 1.49. The third kappa shape index (κ3) is 6.59. The van der Waals surface area contributed by atoms with Gasteiger partial charge in [0.1, 0.15) is 0 Å². The topological polar surface area (TPSA) is 113 Å². The fraction of sp³-hybridized carbons (Fsp3) is 0.269. The molecule has 1 saturated heterocycles. The number of rotatable bonds is 7. The second kappa shape index (κ2) is 11.3. The molecule has 1 aliphatic heterocycles. The number of benzene rings is 3. The van der Waals surface area contributed by atoms with E-state index in [4.69, 9.17) is 0 Å². The van der Waals surface area contributed by atoms with E-state index in [9.17, 15) is 21.6 Å². The summed E-state index contributed by atoms with van der Waals surface area (Å²) in [5, 5.41) is 2.73. The molecule has 37 heavy (non-hydrogen) atoms. The van der Waals surface area contributed by atoms with Crippen LogP contribution in [0.25, 0.3) is 0 Å². The number of nitrogens with zero attached hydrogens (tertiary/aromatic N) is 1. The molecule has 8 nitrogen and oxygen atoms in total. The van der Waals surface area contributed by atoms with Crippen molar-refractivity contribution in [1.29, 1.82) is 0 Å². The third-order valence-corrected chi connectivity index (χ3v) is 10.00. The fourth-order valence-electron chi connectivity index (χ4n) is 4.09. The summed E-state index contributed by atoms with van der Waals surface area (Å²) in [5.74, 6) is -0.478. The minimum atomic E-state index is -3.82. The van der Waals surface area contributed by atoms with Crippen LogP contribution in [0.15, 0.2) is 81.0 Å². The Bertz CT molecular complexity index is 1480. The quantitative estimate of drug-likeness (QED) is 0.375. The number of sulfonamides is 2. The molecule has 3 aromatic rings. The van der Waals surface area contributed by atoms with Crippen LogP contribution in [0.5, 0.6) is 0 Å². The second-order valence-corrected chi connectivity index (χ2v) is 13.4. The van der Waals surface area contributed by atoms with Crippen molar-refractivity contribution >= 4 is 53.3 Å². The molecule has 1 fully saturated rings. The standard InChI is InChI=1S/C26H28BrN3O5S2/c1-19-6-13-24(37(34,35)30-16-4-2-3-5-17-30)18-25(19)26(31)28-21-11-14-23(15-12-21)36(32,33)29-22-9-7-20(27)8-10-22/h6-15,18,29H,2-5,16-17H2,1H3,(H,28,31). The van der Waals surface area contributed by atoms with Gasteiger partial charge >= 0.3 is 0 Å². The lowest BCUT2D eigenvalue weighted by Gasteiger charge is -2.20. The summed E-state index contributed by atoms with van der Waals surface area (Å²) >= 11 is 3.31. The van der Waals surface area contributed by atoms with Crippen molar-refractivity contribution in [3.63, 3.8) is 0 Å². The molecule has 0 unspecified atom stereocenters. The summed E-state index contributed by atoms with van der Waals surface area (Å²) in [6, 6.07) is 17.1. The van der Waals surface area contributed by atoms with Gasteiger partial charge in [0.25, 0.3) is 15.9 Å². The van der Waals surface area contributed by atoms with Crippen molar-refractivity contribution in [3.05, 3.63) is 82.3 Å². The zero-order chi connectivity index (χ0) is 26.6. The highest BCUT2D eigenvalue weighted by atomic mass is 79.9. The molecule has 196 valence electrons. The average Bonchev–Trinajstić information content (AvgIpc) is 3.16. The number of hydrogen-bond donors (Lipinski definition) is 2. The highest BCUT2D eigenvalue weighted by molar-refractivity contribution is 9.10. The zero-order valence-corrected chi connectivity index (χ0v) is 23.5. The molecule has 0 saturated carbocycles. The molecular formula is C26H28BrN3O5S2. The van der Waals surface area contributed by atoms with E-state index in [1.807, 2.05) is 0 Å². The Morgan fingerprint density at radius 2 is 1.35 bits per heavy atom. The van der Waals surface area contributed by atoms with Crippen molar-refractivity contribution in [2.75, 3.05) is 23.1 Å². The molecule has 1 amide bonds. The maximum absolute atomic E-state index is 13.2. The van der Waals surface area contributed by atoms with E-state index in [0.29, 0.717) is 30.0 Å². The Kier molecular flexibility index (Phi) is 8.37. The molecule has 0 aromatic heterocycles. The number of halogens is 1. The van der Waals surface area contributed by atoms with Gasteiger partial charge < -0.3 is 5.32 Å². The molecule has 4 rings (SSSR count). The summed E-state index contributed by atoms with van der Waals surface area (Å²) in [6.07, 6.45) is 3.66. The van der Waals surface area contributed by atoms with Gasteiger partial charge in [-0.15, -0.1) is 0 Å². The van der Waals surface area contributed by atoms with Crippen LogP contribution < -0.4 is 10.0 Å². The van der Waals surface area contributed by atoms with Gasteiger partial charge in [-0.2, -0.15) is 4.31 Å². The molecule has 0 atom stereocenters. The largest absolute Gasteiger partial charge is 0.322 e.